The van der Waals surface area contributed by atoms with E-state index in [0.717, 1.165) is 5.56 Å². The van der Waals surface area contributed by atoms with Crippen molar-refractivity contribution >= 4 is 24.4 Å². The zero-order valence-corrected chi connectivity index (χ0v) is 24.5. The van der Waals surface area contributed by atoms with Crippen molar-refractivity contribution in [1.82, 2.24) is 0 Å². The lowest BCUT2D eigenvalue weighted by molar-refractivity contribution is -0.107. The maximum absolute atomic E-state index is 10.6. The second-order valence-electron chi connectivity index (χ2n) is 11.0. The van der Waals surface area contributed by atoms with E-state index in [1.807, 2.05) is 42.5 Å². The highest BCUT2D eigenvalue weighted by Gasteiger charge is 2.51. The molecule has 1 N–H and O–H groups in total. The molecule has 0 fully saturated rings. The van der Waals surface area contributed by atoms with Gasteiger partial charge in [0.25, 0.3) is 8.32 Å². The average Bonchev–Trinajstić information content (AvgIpc) is 3.45. The Bertz CT molecular complexity index is 1220. The molecule has 3 aromatic carbocycles. The molecule has 0 aromatic heterocycles. The van der Waals surface area contributed by atoms with Gasteiger partial charge in [0.05, 0.1) is 26.4 Å². The van der Waals surface area contributed by atoms with Crippen LogP contribution in [0.4, 0.5) is 0 Å². The molecule has 6 nitrogen and oxygen atoms in total. The minimum absolute atomic E-state index is 0.0643. The number of aliphatic hydroxyl groups excluding tert-OH is 1. The average molecular weight is 558 g/mol. The first-order valence-electron chi connectivity index (χ1n) is 13.7. The molecule has 4 rings (SSSR count). The molecule has 1 heterocycles. The highest BCUT2D eigenvalue weighted by atomic mass is 28.4. The molecule has 0 unspecified atom stereocenters. The van der Waals surface area contributed by atoms with E-state index >= 15 is 0 Å². The number of hydrogen-bond donors (Lipinski definition) is 1. The van der Waals surface area contributed by atoms with Gasteiger partial charge in [0.2, 0.25) is 0 Å². The summed E-state index contributed by atoms with van der Waals surface area (Å²) in [5.74, 6) is 2.57. The van der Waals surface area contributed by atoms with Gasteiger partial charge in [-0.15, -0.1) is 6.42 Å². The van der Waals surface area contributed by atoms with E-state index in [1.165, 1.54) is 10.4 Å². The van der Waals surface area contributed by atoms with Gasteiger partial charge in [-0.2, -0.15) is 0 Å². The van der Waals surface area contributed by atoms with Crippen LogP contribution in [-0.4, -0.2) is 57.3 Å². The molecule has 1 aliphatic heterocycles. The molecule has 0 bridgehead atoms. The zero-order valence-electron chi connectivity index (χ0n) is 23.5. The Labute approximate surface area is 239 Å². The molecule has 3 aromatic rings. The maximum Gasteiger partial charge on any atom is 0.261 e. The summed E-state index contributed by atoms with van der Waals surface area (Å²) < 4.78 is 19.1. The zero-order chi connectivity index (χ0) is 28.4. The summed E-state index contributed by atoms with van der Waals surface area (Å²) in [7, 11) is -2.80. The molecule has 0 amide bonds. The fraction of sp³-hybridized carbons (Fsp3) is 0.364. The first-order chi connectivity index (χ1) is 19.3. The number of hydrogen-bond acceptors (Lipinski definition) is 6. The standard InChI is InChI=1S/C33H39NO5Si/c1-5-27-21-31(39-34-27)32(37-24-28(35)23-36-22-26-15-9-6-10-16-26)25-38-40(33(2,3)4,29-17-11-7-12-18-29)30-19-13-8-14-20-30/h1,6-20,28,31-32,35H,21-25H2,2-4H3/t28-,31-,32+/m0/s1. The SMILES string of the molecule is C#CC1=NO[C@H]([C@@H](CO[Si](c2ccccc2)(c2ccccc2)C(C)(C)C)OC[C@@H](O)COCc2ccccc2)C1. The summed E-state index contributed by atoms with van der Waals surface area (Å²) in [6.45, 7) is 7.58. The second kappa shape index (κ2) is 13.9. The van der Waals surface area contributed by atoms with Gasteiger partial charge in [0, 0.05) is 6.42 Å². The number of oxime groups is 1. The van der Waals surface area contributed by atoms with Gasteiger partial charge in [-0.05, 0) is 21.0 Å². The molecule has 7 heteroatoms. The fourth-order valence-electron chi connectivity index (χ4n) is 5.08. The van der Waals surface area contributed by atoms with Gasteiger partial charge in [-0.1, -0.05) is 123 Å². The predicted molar refractivity (Wildman–Crippen MR) is 161 cm³/mol. The van der Waals surface area contributed by atoms with Crippen LogP contribution in [0, 0.1) is 12.3 Å². The van der Waals surface area contributed by atoms with Crippen molar-refractivity contribution in [3.05, 3.63) is 96.6 Å². The summed E-state index contributed by atoms with van der Waals surface area (Å²) in [5, 5.41) is 16.9. The third kappa shape index (κ3) is 7.28. The lowest BCUT2D eigenvalue weighted by Gasteiger charge is -2.44. The van der Waals surface area contributed by atoms with E-state index in [-0.39, 0.29) is 24.9 Å². The van der Waals surface area contributed by atoms with Crippen molar-refractivity contribution < 1.29 is 23.8 Å². The number of terminal acetylenes is 1. The molecule has 0 saturated carbocycles. The first kappa shape index (κ1) is 29.7. The third-order valence-electron chi connectivity index (χ3n) is 7.08. The molecule has 0 aliphatic carbocycles. The summed E-state index contributed by atoms with van der Waals surface area (Å²) in [6.07, 6.45) is 4.31. The predicted octanol–water partition coefficient (Wildman–Crippen LogP) is 4.30. The Hall–Kier alpha value is -3.25. The topological polar surface area (TPSA) is 69.5 Å². The number of nitrogens with zero attached hydrogens (tertiary/aromatic N) is 1. The Morgan fingerprint density at radius 3 is 2.02 bits per heavy atom. The molecular formula is C33H39NO5Si. The van der Waals surface area contributed by atoms with E-state index in [0.29, 0.717) is 18.7 Å². The van der Waals surface area contributed by atoms with Gasteiger partial charge in [-0.25, -0.2) is 0 Å². The van der Waals surface area contributed by atoms with Gasteiger partial charge in [0.15, 0.2) is 6.10 Å². The van der Waals surface area contributed by atoms with Crippen molar-refractivity contribution in [2.75, 3.05) is 19.8 Å². The van der Waals surface area contributed by atoms with Gasteiger partial charge < -0.3 is 23.8 Å². The van der Waals surface area contributed by atoms with Crippen LogP contribution >= 0.6 is 0 Å². The van der Waals surface area contributed by atoms with E-state index in [4.69, 9.17) is 25.2 Å². The maximum atomic E-state index is 10.6. The second-order valence-corrected chi connectivity index (χ2v) is 15.3. The Morgan fingerprint density at radius 1 is 0.925 bits per heavy atom. The van der Waals surface area contributed by atoms with Crippen LogP contribution in [0.5, 0.6) is 0 Å². The van der Waals surface area contributed by atoms with E-state index in [2.05, 4.69) is 80.4 Å². The summed E-state index contributed by atoms with van der Waals surface area (Å²) in [4.78, 5) is 5.70. The number of ether oxygens (including phenoxy) is 2. The van der Waals surface area contributed by atoms with Crippen molar-refractivity contribution in [3.63, 3.8) is 0 Å². The summed E-state index contributed by atoms with van der Waals surface area (Å²) in [6, 6.07) is 30.7. The monoisotopic (exact) mass is 557 g/mol. The summed E-state index contributed by atoms with van der Waals surface area (Å²) in [5.41, 5.74) is 1.58. The van der Waals surface area contributed by atoms with Crippen LogP contribution in [0.2, 0.25) is 5.04 Å². The van der Waals surface area contributed by atoms with Gasteiger partial charge >= 0.3 is 0 Å². The molecule has 1 aliphatic rings. The van der Waals surface area contributed by atoms with Crippen LogP contribution in [0.15, 0.2) is 96.2 Å². The van der Waals surface area contributed by atoms with Crippen molar-refractivity contribution in [3.8, 4) is 12.3 Å². The van der Waals surface area contributed by atoms with Crippen molar-refractivity contribution in [2.45, 2.75) is 57.1 Å². The normalized spacial score (nSPS) is 17.0. The molecule has 0 spiro atoms. The molecular weight excluding hydrogens is 518 g/mol. The lowest BCUT2D eigenvalue weighted by atomic mass is 10.1. The Morgan fingerprint density at radius 2 is 1.50 bits per heavy atom. The molecule has 0 saturated heterocycles. The Kier molecular flexibility index (Phi) is 10.3. The highest BCUT2D eigenvalue weighted by Crippen LogP contribution is 2.37. The lowest BCUT2D eigenvalue weighted by Crippen LogP contribution is -2.67. The minimum Gasteiger partial charge on any atom is -0.405 e. The smallest absolute Gasteiger partial charge is 0.261 e. The van der Waals surface area contributed by atoms with E-state index < -0.39 is 26.6 Å². The summed E-state index contributed by atoms with van der Waals surface area (Å²) >= 11 is 0. The Balaban J connectivity index is 1.51. The molecule has 40 heavy (non-hydrogen) atoms. The number of benzene rings is 3. The van der Waals surface area contributed by atoms with Crippen LogP contribution in [0.3, 0.4) is 0 Å². The van der Waals surface area contributed by atoms with Crippen molar-refractivity contribution in [2.24, 2.45) is 5.16 Å². The van der Waals surface area contributed by atoms with Gasteiger partial charge in [0.1, 0.15) is 17.9 Å². The highest BCUT2D eigenvalue weighted by molar-refractivity contribution is 6.99. The molecule has 0 radical (unpaired) electrons. The quantitative estimate of drug-likeness (QED) is 0.251. The molecule has 3 atom stereocenters. The van der Waals surface area contributed by atoms with E-state index in [9.17, 15) is 5.11 Å². The number of rotatable bonds is 13. The van der Waals surface area contributed by atoms with E-state index in [1.54, 1.807) is 0 Å². The van der Waals surface area contributed by atoms with Crippen LogP contribution in [0.1, 0.15) is 32.8 Å². The van der Waals surface area contributed by atoms with Crippen molar-refractivity contribution in [1.29, 1.82) is 0 Å². The third-order valence-corrected chi connectivity index (χ3v) is 12.1. The first-order valence-corrected chi connectivity index (χ1v) is 15.6. The minimum atomic E-state index is -2.80. The van der Waals surface area contributed by atoms with Gasteiger partial charge in [-0.3, -0.25) is 0 Å². The van der Waals surface area contributed by atoms with Crippen LogP contribution in [-0.2, 0) is 25.3 Å². The van der Waals surface area contributed by atoms with Crippen LogP contribution in [0.25, 0.3) is 0 Å². The largest absolute Gasteiger partial charge is 0.405 e. The molecule has 210 valence electrons. The number of aliphatic hydroxyl groups is 1. The van der Waals surface area contributed by atoms with Crippen LogP contribution < -0.4 is 10.4 Å². The fourth-order valence-corrected chi connectivity index (χ4v) is 9.65.